The molecule has 1 aromatic heterocycles. The molecule has 0 radical (unpaired) electrons. The van der Waals surface area contributed by atoms with E-state index in [1.807, 2.05) is 64.1 Å². The van der Waals surface area contributed by atoms with Gasteiger partial charge in [-0.3, -0.25) is 4.18 Å². The lowest BCUT2D eigenvalue weighted by molar-refractivity contribution is -0.667. The van der Waals surface area contributed by atoms with Gasteiger partial charge < -0.3 is 18.9 Å². The minimum absolute atomic E-state index is 0.162. The summed E-state index contributed by atoms with van der Waals surface area (Å²) < 4.78 is 74.0. The third kappa shape index (κ3) is 9.86. The van der Waals surface area contributed by atoms with Gasteiger partial charge in [-0.2, -0.15) is 4.57 Å². The van der Waals surface area contributed by atoms with Gasteiger partial charge in [0.1, 0.15) is 4.70 Å². The quantitative estimate of drug-likeness (QED) is 0.0783. The molecule has 0 unspecified atom stereocenters. The van der Waals surface area contributed by atoms with Gasteiger partial charge in [0, 0.05) is 28.6 Å². The van der Waals surface area contributed by atoms with Crippen LogP contribution in [0, 0.1) is 0 Å². The van der Waals surface area contributed by atoms with E-state index in [0.717, 1.165) is 54.7 Å². The highest BCUT2D eigenvalue weighted by atomic mass is 35.5. The average molecular weight is 713 g/mol. The Morgan fingerprint density at radius 1 is 1.02 bits per heavy atom. The number of hydrogen-bond donors (Lipinski definition) is 0. The van der Waals surface area contributed by atoms with Crippen LogP contribution in [0.25, 0.3) is 27.1 Å². The second kappa shape index (κ2) is 15.5. The number of rotatable bonds is 12. The maximum absolute atomic E-state index is 11.3. The number of aryl methyl sites for hydroxylation is 1. The number of hydrogen-bond acceptors (Lipinski definition) is 11. The van der Waals surface area contributed by atoms with Gasteiger partial charge in [0.2, 0.25) is 15.9 Å². The monoisotopic (exact) mass is 712 g/mol. The summed E-state index contributed by atoms with van der Waals surface area (Å²) in [6.07, 6.45) is 2.42. The van der Waals surface area contributed by atoms with Crippen molar-refractivity contribution in [2.75, 3.05) is 43.9 Å². The zero-order valence-corrected chi connectivity index (χ0v) is 29.2. The molecular formula is C30H35ClN3O7S4-. The SMILES string of the molecule is CCN(C)CC.O=S(=O)([O-])CCC[n+]1c(/C=C2\Sc3ccc(Cl)cc3N2CCCOS(=O)(=O)[O-])sc2ccc3ccccc3c21. The molecule has 0 amide bonds. The molecule has 0 bridgehead atoms. The lowest BCUT2D eigenvalue weighted by Gasteiger charge is -2.20. The summed E-state index contributed by atoms with van der Waals surface area (Å²) >= 11 is 9.33. The Morgan fingerprint density at radius 3 is 2.42 bits per heavy atom. The number of halogens is 1. The van der Waals surface area contributed by atoms with Crippen LogP contribution in [0.4, 0.5) is 5.69 Å². The second-order valence-electron chi connectivity index (χ2n) is 10.3. The van der Waals surface area contributed by atoms with E-state index in [9.17, 15) is 25.9 Å². The van der Waals surface area contributed by atoms with Gasteiger partial charge in [0.25, 0.3) is 5.01 Å². The Bertz CT molecular complexity index is 1890. The Morgan fingerprint density at radius 2 is 1.76 bits per heavy atom. The van der Waals surface area contributed by atoms with E-state index in [1.165, 1.54) is 11.8 Å². The van der Waals surface area contributed by atoms with E-state index in [4.69, 9.17) is 11.6 Å². The van der Waals surface area contributed by atoms with E-state index < -0.39 is 26.3 Å². The summed E-state index contributed by atoms with van der Waals surface area (Å²) in [5.41, 5.74) is 1.80. The fraction of sp³-hybridized carbons (Fsp3) is 0.367. The third-order valence-electron chi connectivity index (χ3n) is 7.16. The van der Waals surface area contributed by atoms with Crippen molar-refractivity contribution in [3.8, 4) is 0 Å². The summed E-state index contributed by atoms with van der Waals surface area (Å²) in [7, 11) is -7.03. The summed E-state index contributed by atoms with van der Waals surface area (Å²) in [6.45, 7) is 7.08. The topological polar surface area (TPSA) is 134 Å². The molecule has 3 aromatic carbocycles. The molecular weight excluding hydrogens is 678 g/mol. The highest BCUT2D eigenvalue weighted by molar-refractivity contribution is 8.04. The van der Waals surface area contributed by atoms with Crippen LogP contribution in [0.15, 0.2) is 64.5 Å². The predicted octanol–water partition coefficient (Wildman–Crippen LogP) is 5.67. The van der Waals surface area contributed by atoms with Crippen LogP contribution < -0.4 is 9.47 Å². The standard InChI is InChI=1S/C25H23ClN2O7S4.C5H13N/c26-18-8-10-21-20(15-18)27(11-3-13-35-39(32,33)34)23(36-21)16-24-28(12-4-14-38(29,30)31)25-19-6-2-1-5-17(19)7-9-22(25)37-24;1-4-6(3)5-2/h1-2,5-10,15-16H,3-4,11-14H2,(H-,29,30,31,32,33,34);4-5H2,1-3H3/p-1. The Kier molecular flexibility index (Phi) is 12.3. The first-order chi connectivity index (χ1) is 21.3. The highest BCUT2D eigenvalue weighted by Gasteiger charge is 2.29. The zero-order valence-electron chi connectivity index (χ0n) is 25.1. The molecule has 45 heavy (non-hydrogen) atoms. The van der Waals surface area contributed by atoms with Gasteiger partial charge in [-0.25, -0.2) is 16.8 Å². The molecule has 5 rings (SSSR count). The maximum atomic E-state index is 11.3. The maximum Gasteiger partial charge on any atom is 0.265 e. The largest absolute Gasteiger partial charge is 0.748 e. The Hall–Kier alpha value is -2.27. The molecule has 0 aliphatic carbocycles. The number of nitrogens with zero attached hydrogens (tertiary/aromatic N) is 3. The van der Waals surface area contributed by atoms with Crippen molar-refractivity contribution in [2.24, 2.45) is 0 Å². The van der Waals surface area contributed by atoms with Crippen molar-refractivity contribution < 1.29 is 34.7 Å². The molecule has 1 aliphatic heterocycles. The van der Waals surface area contributed by atoms with Gasteiger partial charge in [0.15, 0.2) is 6.54 Å². The first kappa shape index (κ1) is 35.6. The number of fused-ring (bicyclic) bond motifs is 4. The molecule has 4 aromatic rings. The molecule has 0 fully saturated rings. The summed E-state index contributed by atoms with van der Waals surface area (Å²) in [4.78, 5) is 5.19. The van der Waals surface area contributed by atoms with E-state index in [1.54, 1.807) is 17.4 Å². The van der Waals surface area contributed by atoms with Crippen LogP contribution in [0.2, 0.25) is 5.02 Å². The average Bonchev–Trinajstić information content (AvgIpc) is 3.51. The molecule has 0 saturated carbocycles. The zero-order chi connectivity index (χ0) is 32.8. The molecule has 1 aliphatic rings. The van der Waals surface area contributed by atoms with Crippen molar-refractivity contribution in [3.63, 3.8) is 0 Å². The molecule has 0 saturated heterocycles. The van der Waals surface area contributed by atoms with Crippen molar-refractivity contribution in [2.45, 2.75) is 38.1 Å². The van der Waals surface area contributed by atoms with E-state index in [-0.39, 0.29) is 19.4 Å². The predicted molar refractivity (Wildman–Crippen MR) is 180 cm³/mol. The van der Waals surface area contributed by atoms with Crippen LogP contribution in [0.5, 0.6) is 0 Å². The number of aromatic nitrogens is 1. The number of thiazole rings is 1. The second-order valence-corrected chi connectivity index (χ2v) is 15.4. The van der Waals surface area contributed by atoms with Crippen molar-refractivity contribution >= 4 is 88.0 Å². The summed E-state index contributed by atoms with van der Waals surface area (Å²) in [6, 6.07) is 17.5. The van der Waals surface area contributed by atoms with Gasteiger partial charge in [-0.15, -0.1) is 0 Å². The lowest BCUT2D eigenvalue weighted by atomic mass is 10.1. The normalized spacial score (nSPS) is 14.4. The van der Waals surface area contributed by atoms with Crippen LogP contribution >= 0.6 is 34.7 Å². The number of anilines is 1. The fourth-order valence-corrected chi connectivity index (χ4v) is 8.02. The van der Waals surface area contributed by atoms with Crippen LogP contribution in [-0.4, -0.2) is 69.9 Å². The van der Waals surface area contributed by atoms with Crippen molar-refractivity contribution in [1.82, 2.24) is 4.90 Å². The summed E-state index contributed by atoms with van der Waals surface area (Å²) in [5, 5.41) is 4.30. The van der Waals surface area contributed by atoms with Crippen molar-refractivity contribution in [1.29, 1.82) is 0 Å². The van der Waals surface area contributed by atoms with E-state index in [2.05, 4.69) is 30.0 Å². The molecule has 2 heterocycles. The number of benzene rings is 3. The van der Waals surface area contributed by atoms with Gasteiger partial charge in [0.05, 0.1) is 38.9 Å². The van der Waals surface area contributed by atoms with Crippen LogP contribution in [-0.2, 0) is 31.2 Å². The lowest BCUT2D eigenvalue weighted by Crippen LogP contribution is -2.36. The minimum Gasteiger partial charge on any atom is -0.748 e. The fourth-order valence-electron chi connectivity index (χ4n) is 4.73. The van der Waals surface area contributed by atoms with Crippen LogP contribution in [0.1, 0.15) is 31.7 Å². The van der Waals surface area contributed by atoms with Gasteiger partial charge in [-0.1, -0.05) is 72.8 Å². The smallest absolute Gasteiger partial charge is 0.265 e. The Balaban J connectivity index is 0.000000700. The molecule has 0 spiro atoms. The molecule has 10 nitrogen and oxygen atoms in total. The molecule has 0 N–H and O–H groups in total. The number of thioether (sulfide) groups is 1. The Labute approximate surface area is 278 Å². The van der Waals surface area contributed by atoms with Gasteiger partial charge in [-0.05, 0) is 62.3 Å². The minimum atomic E-state index is -4.78. The summed E-state index contributed by atoms with van der Waals surface area (Å²) in [5.74, 6) is -0.467. The third-order valence-corrected chi connectivity index (χ3v) is 10.9. The molecule has 244 valence electrons. The van der Waals surface area contributed by atoms with Crippen molar-refractivity contribution in [3.05, 3.63) is 69.7 Å². The van der Waals surface area contributed by atoms with Gasteiger partial charge >= 0.3 is 0 Å². The highest BCUT2D eigenvalue weighted by Crippen LogP contribution is 2.48. The van der Waals surface area contributed by atoms with E-state index >= 15 is 0 Å². The van der Waals surface area contributed by atoms with E-state index in [0.29, 0.717) is 18.1 Å². The first-order valence-electron chi connectivity index (χ1n) is 14.3. The van der Waals surface area contributed by atoms with Crippen LogP contribution in [0.3, 0.4) is 0 Å². The molecule has 0 atom stereocenters. The molecule has 15 heteroatoms. The first-order valence-corrected chi connectivity index (χ1v) is 19.2.